The van der Waals surface area contributed by atoms with Gasteiger partial charge in [-0.15, -0.1) is 0 Å². The largest absolute Gasteiger partial charge is 0.496 e. The van der Waals surface area contributed by atoms with Crippen molar-refractivity contribution >= 4 is 35.1 Å². The third-order valence-electron chi connectivity index (χ3n) is 4.52. The van der Waals surface area contributed by atoms with Gasteiger partial charge < -0.3 is 25.6 Å². The molecule has 0 aromatic heterocycles. The average molecular weight is 434 g/mol. The number of benzene rings is 3. The highest BCUT2D eigenvalue weighted by atomic mass is 16.5. The van der Waals surface area contributed by atoms with Crippen LogP contribution in [-0.4, -0.2) is 41.1 Å². The molecule has 0 radical (unpaired) electrons. The summed E-state index contributed by atoms with van der Waals surface area (Å²) in [6.07, 6.45) is 0. The van der Waals surface area contributed by atoms with Crippen molar-refractivity contribution in [3.05, 3.63) is 89.0 Å². The number of hydrogen-bond acceptors (Lipinski definition) is 5. The van der Waals surface area contributed by atoms with E-state index in [0.29, 0.717) is 0 Å². The molecular formula is C23H18N2O7. The molecule has 0 fully saturated rings. The van der Waals surface area contributed by atoms with E-state index in [9.17, 15) is 29.4 Å². The van der Waals surface area contributed by atoms with Gasteiger partial charge in [0.1, 0.15) is 5.75 Å². The second kappa shape index (κ2) is 9.43. The molecule has 0 unspecified atom stereocenters. The Morgan fingerprint density at radius 3 is 1.69 bits per heavy atom. The van der Waals surface area contributed by atoms with Gasteiger partial charge in [0.05, 0.1) is 35.2 Å². The number of methoxy groups -OCH3 is 1. The van der Waals surface area contributed by atoms with Crippen LogP contribution in [-0.2, 0) is 0 Å². The van der Waals surface area contributed by atoms with E-state index in [-0.39, 0.29) is 39.4 Å². The molecule has 0 atom stereocenters. The van der Waals surface area contributed by atoms with Gasteiger partial charge in [-0.1, -0.05) is 24.3 Å². The first-order chi connectivity index (χ1) is 15.3. The van der Waals surface area contributed by atoms with Gasteiger partial charge in [0.2, 0.25) is 0 Å². The van der Waals surface area contributed by atoms with Gasteiger partial charge in [0, 0.05) is 5.56 Å². The summed E-state index contributed by atoms with van der Waals surface area (Å²) in [6.45, 7) is 0. The zero-order valence-electron chi connectivity index (χ0n) is 16.8. The molecule has 0 heterocycles. The Balaban J connectivity index is 1.91. The molecule has 0 saturated carbocycles. The molecule has 0 aliphatic rings. The third kappa shape index (κ3) is 4.73. The molecule has 9 nitrogen and oxygen atoms in total. The number of rotatable bonds is 7. The summed E-state index contributed by atoms with van der Waals surface area (Å²) in [5, 5.41) is 23.6. The quantitative estimate of drug-likeness (QED) is 0.445. The molecular weight excluding hydrogens is 416 g/mol. The topological polar surface area (TPSA) is 142 Å². The number of carboxylic acid groups (broad SMARTS) is 2. The zero-order chi connectivity index (χ0) is 23.3. The highest BCUT2D eigenvalue weighted by Crippen LogP contribution is 2.24. The van der Waals surface area contributed by atoms with Gasteiger partial charge in [0.25, 0.3) is 11.8 Å². The Kier molecular flexibility index (Phi) is 6.50. The number of para-hydroxylation sites is 2. The second-order valence-corrected chi connectivity index (χ2v) is 6.52. The number of carbonyl (C=O) groups excluding carboxylic acids is 2. The fraction of sp³-hybridized carbons (Fsp3) is 0.0435. The average Bonchev–Trinajstić information content (AvgIpc) is 2.79. The number of anilines is 2. The Bertz CT molecular complexity index is 1220. The minimum atomic E-state index is -1.21. The molecule has 2 amide bonds. The van der Waals surface area contributed by atoms with Crippen LogP contribution in [0.2, 0.25) is 0 Å². The lowest BCUT2D eigenvalue weighted by atomic mass is 10.1. The summed E-state index contributed by atoms with van der Waals surface area (Å²) in [7, 11) is 1.35. The van der Waals surface area contributed by atoms with Crippen LogP contribution < -0.4 is 15.4 Å². The molecule has 0 aliphatic heterocycles. The number of ether oxygens (including phenoxy) is 1. The first kappa shape index (κ1) is 22.0. The Labute approximate surface area is 182 Å². The lowest BCUT2D eigenvalue weighted by molar-refractivity contribution is 0.0687. The Hall–Kier alpha value is -4.66. The fourth-order valence-corrected chi connectivity index (χ4v) is 2.97. The van der Waals surface area contributed by atoms with Crippen molar-refractivity contribution < 1.29 is 34.1 Å². The van der Waals surface area contributed by atoms with Crippen LogP contribution in [0.5, 0.6) is 5.75 Å². The highest BCUT2D eigenvalue weighted by Gasteiger charge is 2.19. The molecule has 32 heavy (non-hydrogen) atoms. The minimum absolute atomic E-state index is 0.00754. The summed E-state index contributed by atoms with van der Waals surface area (Å²) in [4.78, 5) is 48.3. The molecule has 4 N–H and O–H groups in total. The van der Waals surface area contributed by atoms with Crippen molar-refractivity contribution in [1.82, 2.24) is 0 Å². The fourth-order valence-electron chi connectivity index (χ4n) is 2.97. The minimum Gasteiger partial charge on any atom is -0.496 e. The van der Waals surface area contributed by atoms with Crippen LogP contribution in [0.25, 0.3) is 0 Å². The molecule has 0 aliphatic carbocycles. The normalized spacial score (nSPS) is 10.2. The van der Waals surface area contributed by atoms with Crippen molar-refractivity contribution in [3.63, 3.8) is 0 Å². The first-order valence-electron chi connectivity index (χ1n) is 9.27. The van der Waals surface area contributed by atoms with E-state index < -0.39 is 23.8 Å². The third-order valence-corrected chi connectivity index (χ3v) is 4.52. The van der Waals surface area contributed by atoms with Gasteiger partial charge in [0.15, 0.2) is 0 Å². The maximum absolute atomic E-state index is 12.9. The van der Waals surface area contributed by atoms with Gasteiger partial charge in [-0.3, -0.25) is 9.59 Å². The maximum Gasteiger partial charge on any atom is 0.337 e. The van der Waals surface area contributed by atoms with E-state index in [1.165, 1.54) is 61.7 Å². The van der Waals surface area contributed by atoms with E-state index in [4.69, 9.17) is 4.74 Å². The number of hydrogen-bond donors (Lipinski definition) is 4. The van der Waals surface area contributed by atoms with Crippen LogP contribution in [0, 0.1) is 0 Å². The zero-order valence-corrected chi connectivity index (χ0v) is 16.8. The molecule has 3 aromatic rings. The summed E-state index contributed by atoms with van der Waals surface area (Å²) in [5.74, 6) is -3.57. The lowest BCUT2D eigenvalue weighted by Crippen LogP contribution is -2.18. The molecule has 3 aromatic carbocycles. The molecule has 0 saturated heterocycles. The van der Waals surface area contributed by atoms with E-state index in [0.717, 1.165) is 0 Å². The summed E-state index contributed by atoms with van der Waals surface area (Å²) >= 11 is 0. The predicted molar refractivity (Wildman–Crippen MR) is 116 cm³/mol. The van der Waals surface area contributed by atoms with Crippen LogP contribution in [0.4, 0.5) is 11.4 Å². The van der Waals surface area contributed by atoms with Gasteiger partial charge >= 0.3 is 11.9 Å². The van der Waals surface area contributed by atoms with Crippen molar-refractivity contribution in [2.24, 2.45) is 0 Å². The molecule has 0 bridgehead atoms. The molecule has 0 spiro atoms. The SMILES string of the molecule is COc1ccc(C(=O)Nc2ccccc2C(=O)O)cc1C(=O)Nc1ccccc1C(=O)O. The van der Waals surface area contributed by atoms with Crippen molar-refractivity contribution in [2.45, 2.75) is 0 Å². The monoisotopic (exact) mass is 434 g/mol. The lowest BCUT2D eigenvalue weighted by Gasteiger charge is -2.13. The van der Waals surface area contributed by atoms with E-state index in [2.05, 4.69) is 10.6 Å². The van der Waals surface area contributed by atoms with Crippen LogP contribution in [0.3, 0.4) is 0 Å². The molecule has 3 rings (SSSR count). The van der Waals surface area contributed by atoms with Crippen molar-refractivity contribution in [2.75, 3.05) is 17.7 Å². The Morgan fingerprint density at radius 1 is 0.688 bits per heavy atom. The van der Waals surface area contributed by atoms with Crippen molar-refractivity contribution in [1.29, 1.82) is 0 Å². The van der Waals surface area contributed by atoms with Crippen LogP contribution in [0.1, 0.15) is 41.4 Å². The molecule has 162 valence electrons. The number of carboxylic acids is 2. The van der Waals surface area contributed by atoms with Gasteiger partial charge in [-0.25, -0.2) is 9.59 Å². The smallest absolute Gasteiger partial charge is 0.337 e. The highest BCUT2D eigenvalue weighted by molar-refractivity contribution is 6.12. The van der Waals surface area contributed by atoms with Gasteiger partial charge in [-0.05, 0) is 42.5 Å². The van der Waals surface area contributed by atoms with Crippen LogP contribution >= 0.6 is 0 Å². The van der Waals surface area contributed by atoms with Crippen molar-refractivity contribution in [3.8, 4) is 5.75 Å². The Morgan fingerprint density at radius 2 is 1.19 bits per heavy atom. The number of amides is 2. The van der Waals surface area contributed by atoms with Gasteiger partial charge in [-0.2, -0.15) is 0 Å². The number of carbonyl (C=O) groups is 4. The van der Waals surface area contributed by atoms with E-state index >= 15 is 0 Å². The first-order valence-corrected chi connectivity index (χ1v) is 9.27. The maximum atomic E-state index is 12.9. The summed E-state index contributed by atoms with van der Waals surface area (Å²) in [6, 6.07) is 15.9. The number of nitrogens with one attached hydrogen (secondary N) is 2. The molecule has 9 heteroatoms. The van der Waals surface area contributed by atoms with Crippen LogP contribution in [0.15, 0.2) is 66.7 Å². The second-order valence-electron chi connectivity index (χ2n) is 6.52. The van der Waals surface area contributed by atoms with E-state index in [1.54, 1.807) is 12.1 Å². The summed E-state index contributed by atoms with van der Waals surface area (Å²) in [5.41, 5.74) is 0.0608. The van der Waals surface area contributed by atoms with E-state index in [1.807, 2.05) is 0 Å². The summed E-state index contributed by atoms with van der Waals surface area (Å²) < 4.78 is 5.20. The number of aromatic carboxylic acids is 2. The predicted octanol–water partition coefficient (Wildman–Crippen LogP) is 3.60. The standard InChI is InChI=1S/C23H18N2O7/c1-32-19-11-10-13(20(26)24-17-8-4-2-6-14(17)22(28)29)12-16(19)21(27)25-18-9-5-3-7-15(18)23(30)31/h2-12H,1H3,(H,24,26)(H,25,27)(H,28,29)(H,30,31).